The molecule has 0 atom stereocenters. The number of fused-ring (bicyclic) bond motifs is 1. The van der Waals surface area contributed by atoms with Gasteiger partial charge in [-0.25, -0.2) is 4.98 Å². The highest BCUT2D eigenvalue weighted by atomic mass is 32.1. The molecule has 2 aromatic carbocycles. The average Bonchev–Trinajstić information content (AvgIpc) is 3.02. The molecule has 0 aliphatic heterocycles. The first-order chi connectivity index (χ1) is 12.2. The highest BCUT2D eigenvalue weighted by Gasteiger charge is 2.07. The molecule has 1 amide bonds. The van der Waals surface area contributed by atoms with Gasteiger partial charge in [0.25, 0.3) is 0 Å². The number of amides is 1. The van der Waals surface area contributed by atoms with Crippen molar-refractivity contribution in [2.75, 3.05) is 11.9 Å². The summed E-state index contributed by atoms with van der Waals surface area (Å²) in [5.41, 5.74) is 2.92. The van der Waals surface area contributed by atoms with Crippen molar-refractivity contribution >= 4 is 38.7 Å². The molecule has 3 aromatic rings. The molecule has 0 aliphatic carbocycles. The minimum absolute atomic E-state index is 0.206. The van der Waals surface area contributed by atoms with Gasteiger partial charge in [0.15, 0.2) is 5.13 Å². The first kappa shape index (κ1) is 17.2. The molecule has 0 unspecified atom stereocenters. The Hall–Kier alpha value is -2.66. The van der Waals surface area contributed by atoms with E-state index in [1.165, 1.54) is 17.4 Å². The Labute approximate surface area is 151 Å². The molecule has 1 N–H and O–H groups in total. The van der Waals surface area contributed by atoms with Crippen LogP contribution in [0.25, 0.3) is 16.3 Å². The molecular weight excluding hydrogens is 332 g/mol. The highest BCUT2D eigenvalue weighted by Crippen LogP contribution is 2.28. The Morgan fingerprint density at radius 3 is 2.88 bits per heavy atom. The first-order valence-electron chi connectivity index (χ1n) is 8.24. The van der Waals surface area contributed by atoms with Crippen molar-refractivity contribution in [2.45, 2.75) is 20.3 Å². The van der Waals surface area contributed by atoms with Crippen LogP contribution >= 0.6 is 11.3 Å². The fraction of sp³-hybridized carbons (Fsp3) is 0.200. The lowest BCUT2D eigenvalue weighted by Crippen LogP contribution is -2.07. The lowest BCUT2D eigenvalue weighted by Gasteiger charge is -2.07. The van der Waals surface area contributed by atoms with Gasteiger partial charge in [-0.15, -0.1) is 0 Å². The summed E-state index contributed by atoms with van der Waals surface area (Å²) in [6.07, 6.45) is 4.21. The summed E-state index contributed by atoms with van der Waals surface area (Å²) in [5.74, 6) is 0.575. The lowest BCUT2D eigenvalue weighted by atomic mass is 10.2. The Kier molecular flexibility index (Phi) is 5.46. The Bertz CT molecular complexity index is 915. The first-order valence-corrected chi connectivity index (χ1v) is 9.06. The van der Waals surface area contributed by atoms with Crippen LogP contribution in [0.5, 0.6) is 5.75 Å². The zero-order valence-electron chi connectivity index (χ0n) is 14.3. The van der Waals surface area contributed by atoms with E-state index in [1.54, 1.807) is 6.08 Å². The number of rotatable bonds is 6. The van der Waals surface area contributed by atoms with E-state index in [2.05, 4.69) is 17.2 Å². The standard InChI is InChI=1S/C20H20N2O2S/c1-3-13-24-16-9-5-4-8-15(16)11-12-18(23)21-20-22-19-14(2)7-6-10-17(19)25-20/h4-12H,3,13H2,1-2H3,(H,21,22,23)/b12-11+. The molecule has 0 saturated carbocycles. The van der Waals surface area contributed by atoms with Gasteiger partial charge in [-0.05, 0) is 37.1 Å². The van der Waals surface area contributed by atoms with E-state index in [1.807, 2.05) is 49.4 Å². The maximum absolute atomic E-state index is 12.2. The second-order valence-corrected chi connectivity index (χ2v) is 6.68. The molecule has 25 heavy (non-hydrogen) atoms. The van der Waals surface area contributed by atoms with E-state index in [9.17, 15) is 4.79 Å². The minimum atomic E-state index is -0.206. The fourth-order valence-electron chi connectivity index (χ4n) is 2.41. The third-order valence-electron chi connectivity index (χ3n) is 3.65. The van der Waals surface area contributed by atoms with Gasteiger partial charge in [-0.3, -0.25) is 10.1 Å². The second kappa shape index (κ2) is 7.94. The number of carbonyl (C=O) groups is 1. The van der Waals surface area contributed by atoms with Gasteiger partial charge >= 0.3 is 0 Å². The SMILES string of the molecule is CCCOc1ccccc1/C=C/C(=O)Nc1nc2c(C)cccc2s1. The summed E-state index contributed by atoms with van der Waals surface area (Å²) >= 11 is 1.47. The largest absolute Gasteiger partial charge is 0.493 e. The van der Waals surface area contributed by atoms with E-state index < -0.39 is 0 Å². The number of thiazole rings is 1. The predicted molar refractivity (Wildman–Crippen MR) is 104 cm³/mol. The lowest BCUT2D eigenvalue weighted by molar-refractivity contribution is -0.111. The zero-order chi connectivity index (χ0) is 17.6. The summed E-state index contributed by atoms with van der Waals surface area (Å²) in [6, 6.07) is 13.7. The quantitative estimate of drug-likeness (QED) is 0.632. The second-order valence-electron chi connectivity index (χ2n) is 5.65. The molecule has 0 bridgehead atoms. The molecule has 0 fully saturated rings. The van der Waals surface area contributed by atoms with Crippen LogP contribution in [0.2, 0.25) is 0 Å². The van der Waals surface area contributed by atoms with Crippen molar-refractivity contribution in [1.82, 2.24) is 4.98 Å². The smallest absolute Gasteiger partial charge is 0.250 e. The predicted octanol–water partition coefficient (Wildman–Crippen LogP) is 5.05. The van der Waals surface area contributed by atoms with Crippen molar-refractivity contribution in [3.05, 3.63) is 59.7 Å². The van der Waals surface area contributed by atoms with Gasteiger partial charge in [0, 0.05) is 11.6 Å². The number of hydrogen-bond acceptors (Lipinski definition) is 4. The molecule has 0 saturated heterocycles. The summed E-state index contributed by atoms with van der Waals surface area (Å²) in [5, 5.41) is 3.44. The van der Waals surface area contributed by atoms with Crippen LogP contribution in [0.4, 0.5) is 5.13 Å². The average molecular weight is 352 g/mol. The minimum Gasteiger partial charge on any atom is -0.493 e. The maximum Gasteiger partial charge on any atom is 0.250 e. The van der Waals surface area contributed by atoms with Gasteiger partial charge in [-0.2, -0.15) is 0 Å². The van der Waals surface area contributed by atoms with Crippen LogP contribution in [0, 0.1) is 6.92 Å². The number of anilines is 1. The van der Waals surface area contributed by atoms with E-state index in [0.29, 0.717) is 11.7 Å². The molecule has 4 nitrogen and oxygen atoms in total. The Balaban J connectivity index is 1.71. The van der Waals surface area contributed by atoms with Gasteiger partial charge in [0.2, 0.25) is 5.91 Å². The van der Waals surface area contributed by atoms with Crippen molar-refractivity contribution in [3.63, 3.8) is 0 Å². The molecular formula is C20H20N2O2S. The van der Waals surface area contributed by atoms with E-state index in [4.69, 9.17) is 4.74 Å². The van der Waals surface area contributed by atoms with E-state index >= 15 is 0 Å². The third-order valence-corrected chi connectivity index (χ3v) is 4.58. The molecule has 0 spiro atoms. The molecule has 5 heteroatoms. The van der Waals surface area contributed by atoms with Crippen LogP contribution in [0.1, 0.15) is 24.5 Å². The molecule has 0 radical (unpaired) electrons. The van der Waals surface area contributed by atoms with Gasteiger partial charge in [-0.1, -0.05) is 48.6 Å². The van der Waals surface area contributed by atoms with Crippen molar-refractivity contribution in [2.24, 2.45) is 0 Å². The number of nitrogens with one attached hydrogen (secondary N) is 1. The van der Waals surface area contributed by atoms with E-state index in [-0.39, 0.29) is 5.91 Å². The molecule has 0 aliphatic rings. The maximum atomic E-state index is 12.2. The number of para-hydroxylation sites is 2. The number of aryl methyl sites for hydroxylation is 1. The summed E-state index contributed by atoms with van der Waals surface area (Å²) < 4.78 is 6.76. The van der Waals surface area contributed by atoms with Crippen LogP contribution in [-0.4, -0.2) is 17.5 Å². The summed E-state index contributed by atoms with van der Waals surface area (Å²) in [6.45, 7) is 4.73. The molecule has 1 aromatic heterocycles. The number of nitrogens with zero attached hydrogens (tertiary/aromatic N) is 1. The summed E-state index contributed by atoms with van der Waals surface area (Å²) in [4.78, 5) is 16.7. The third kappa shape index (κ3) is 4.25. The fourth-order valence-corrected chi connectivity index (χ4v) is 3.36. The zero-order valence-corrected chi connectivity index (χ0v) is 15.1. The van der Waals surface area contributed by atoms with Gasteiger partial charge in [0.1, 0.15) is 5.75 Å². The van der Waals surface area contributed by atoms with Crippen LogP contribution < -0.4 is 10.1 Å². The number of ether oxygens (including phenoxy) is 1. The van der Waals surface area contributed by atoms with E-state index in [0.717, 1.165) is 33.5 Å². The molecule has 3 rings (SSSR count). The Morgan fingerprint density at radius 2 is 2.08 bits per heavy atom. The van der Waals surface area contributed by atoms with Gasteiger partial charge < -0.3 is 4.74 Å². The number of aromatic nitrogens is 1. The normalized spacial score (nSPS) is 11.1. The van der Waals surface area contributed by atoms with Crippen LogP contribution in [0.15, 0.2) is 48.5 Å². The van der Waals surface area contributed by atoms with Gasteiger partial charge in [0.05, 0.1) is 16.8 Å². The number of benzene rings is 2. The molecule has 1 heterocycles. The van der Waals surface area contributed by atoms with Crippen molar-refractivity contribution < 1.29 is 9.53 Å². The van der Waals surface area contributed by atoms with Crippen molar-refractivity contribution in [3.8, 4) is 5.75 Å². The number of carbonyl (C=O) groups excluding carboxylic acids is 1. The number of hydrogen-bond donors (Lipinski definition) is 1. The van der Waals surface area contributed by atoms with Crippen molar-refractivity contribution in [1.29, 1.82) is 0 Å². The topological polar surface area (TPSA) is 51.2 Å². The Morgan fingerprint density at radius 1 is 1.24 bits per heavy atom. The summed E-state index contributed by atoms with van der Waals surface area (Å²) in [7, 11) is 0. The molecule has 128 valence electrons. The van der Waals surface area contributed by atoms with Crippen LogP contribution in [0.3, 0.4) is 0 Å². The highest BCUT2D eigenvalue weighted by molar-refractivity contribution is 7.22. The van der Waals surface area contributed by atoms with Crippen LogP contribution in [-0.2, 0) is 4.79 Å². The monoisotopic (exact) mass is 352 g/mol.